The van der Waals surface area contributed by atoms with Crippen molar-refractivity contribution in [3.8, 4) is 11.4 Å². The zero-order chi connectivity index (χ0) is 17.9. The summed E-state index contributed by atoms with van der Waals surface area (Å²) in [6.07, 6.45) is 0. The van der Waals surface area contributed by atoms with Gasteiger partial charge in [-0.15, -0.1) is 0 Å². The Labute approximate surface area is 153 Å². The van der Waals surface area contributed by atoms with Gasteiger partial charge >= 0.3 is 0 Å². The molecule has 0 saturated heterocycles. The number of anilines is 1. The lowest BCUT2D eigenvalue weighted by molar-refractivity contribution is -0.118. The first-order chi connectivity index (χ1) is 12.7. The van der Waals surface area contributed by atoms with Crippen LogP contribution in [0.2, 0.25) is 0 Å². The Hall–Kier alpha value is -2.93. The van der Waals surface area contributed by atoms with Crippen molar-refractivity contribution >= 4 is 22.5 Å². The highest BCUT2D eigenvalue weighted by molar-refractivity contribution is 7.83. The largest absolute Gasteiger partial charge is 0.484 e. The van der Waals surface area contributed by atoms with Gasteiger partial charge in [0.05, 0.1) is 22.9 Å². The van der Waals surface area contributed by atoms with Crippen LogP contribution in [0.4, 0.5) is 5.82 Å². The van der Waals surface area contributed by atoms with E-state index < -0.39 is 10.8 Å². The highest BCUT2D eigenvalue weighted by atomic mass is 32.2. The van der Waals surface area contributed by atoms with Gasteiger partial charge in [0.25, 0.3) is 5.91 Å². The maximum absolute atomic E-state index is 12.4. The van der Waals surface area contributed by atoms with E-state index >= 15 is 0 Å². The maximum atomic E-state index is 12.4. The fourth-order valence-electron chi connectivity index (χ4n) is 2.85. The second-order valence-electron chi connectivity index (χ2n) is 5.90. The Morgan fingerprint density at radius 3 is 2.50 bits per heavy atom. The summed E-state index contributed by atoms with van der Waals surface area (Å²) in [5.41, 5.74) is 2.44. The summed E-state index contributed by atoms with van der Waals surface area (Å²) >= 11 is 0. The average Bonchev–Trinajstić information content (AvgIpc) is 3.19. The molecule has 132 valence electrons. The normalized spacial score (nSPS) is 15.5. The zero-order valence-corrected chi connectivity index (χ0v) is 14.7. The fourth-order valence-corrected chi connectivity index (χ4v) is 4.11. The van der Waals surface area contributed by atoms with Gasteiger partial charge in [0, 0.05) is 16.4 Å². The molecular weight excluding hydrogens is 350 g/mol. The van der Waals surface area contributed by atoms with Crippen LogP contribution in [0.1, 0.15) is 11.3 Å². The standard InChI is InChI=1S/C19H17N3O3S/c23-18(11-25-15-9-5-2-6-10-15)20-19-16-12-26(24)13-17(16)21-22(19)14-7-3-1-4-8-14/h1-10H,11-13H2,(H,20,23)/t26-/m1/s1. The van der Waals surface area contributed by atoms with Crippen LogP contribution in [-0.2, 0) is 27.1 Å². The fraction of sp³-hybridized carbons (Fsp3) is 0.158. The van der Waals surface area contributed by atoms with Crippen molar-refractivity contribution in [1.29, 1.82) is 0 Å². The van der Waals surface area contributed by atoms with Gasteiger partial charge < -0.3 is 10.1 Å². The molecule has 1 N–H and O–H groups in total. The molecule has 0 saturated carbocycles. The number of ether oxygens (including phenoxy) is 1. The number of hydrogen-bond acceptors (Lipinski definition) is 4. The van der Waals surface area contributed by atoms with Crippen molar-refractivity contribution in [3.05, 3.63) is 71.9 Å². The Morgan fingerprint density at radius 1 is 1.08 bits per heavy atom. The van der Waals surface area contributed by atoms with Crippen LogP contribution in [0.25, 0.3) is 5.69 Å². The molecule has 0 fully saturated rings. The van der Waals surface area contributed by atoms with Gasteiger partial charge in [-0.25, -0.2) is 4.68 Å². The van der Waals surface area contributed by atoms with Crippen molar-refractivity contribution in [2.75, 3.05) is 11.9 Å². The molecule has 1 amide bonds. The summed E-state index contributed by atoms with van der Waals surface area (Å²) in [4.78, 5) is 12.4. The van der Waals surface area contributed by atoms with Crippen LogP contribution >= 0.6 is 0 Å². The van der Waals surface area contributed by atoms with E-state index in [1.165, 1.54) is 0 Å². The highest BCUT2D eigenvalue weighted by Gasteiger charge is 2.28. The Kier molecular flexibility index (Phi) is 4.53. The molecule has 3 aromatic rings. The molecule has 0 spiro atoms. The van der Waals surface area contributed by atoms with E-state index in [-0.39, 0.29) is 12.5 Å². The summed E-state index contributed by atoms with van der Waals surface area (Å²) in [6.45, 7) is -0.109. The molecule has 2 aromatic carbocycles. The van der Waals surface area contributed by atoms with Gasteiger partial charge in [-0.05, 0) is 24.3 Å². The van der Waals surface area contributed by atoms with E-state index in [2.05, 4.69) is 10.4 Å². The summed E-state index contributed by atoms with van der Waals surface area (Å²) in [6, 6.07) is 18.7. The lowest BCUT2D eigenvalue weighted by Crippen LogP contribution is -2.22. The predicted molar refractivity (Wildman–Crippen MR) is 99.7 cm³/mol. The first kappa shape index (κ1) is 16.5. The molecule has 4 rings (SSSR count). The van der Waals surface area contributed by atoms with Gasteiger partial charge in [0.2, 0.25) is 0 Å². The molecule has 7 heteroatoms. The van der Waals surface area contributed by atoms with Crippen LogP contribution in [0.3, 0.4) is 0 Å². The molecule has 0 unspecified atom stereocenters. The molecule has 2 heterocycles. The van der Waals surface area contributed by atoms with Gasteiger partial charge in [0.15, 0.2) is 6.61 Å². The number of nitrogens with one attached hydrogen (secondary N) is 1. The molecule has 1 aliphatic heterocycles. The van der Waals surface area contributed by atoms with Crippen molar-refractivity contribution < 1.29 is 13.7 Å². The number of fused-ring (bicyclic) bond motifs is 1. The number of nitrogens with zero attached hydrogens (tertiary/aromatic N) is 2. The van der Waals surface area contributed by atoms with Gasteiger partial charge in [-0.2, -0.15) is 5.10 Å². The topological polar surface area (TPSA) is 73.2 Å². The van der Waals surface area contributed by atoms with Gasteiger partial charge in [-0.3, -0.25) is 9.00 Å². The van der Waals surface area contributed by atoms with Crippen LogP contribution in [0.5, 0.6) is 5.75 Å². The molecule has 6 nitrogen and oxygen atoms in total. The summed E-state index contributed by atoms with van der Waals surface area (Å²) in [7, 11) is -0.970. The average molecular weight is 367 g/mol. The number of hydrogen-bond donors (Lipinski definition) is 1. The minimum absolute atomic E-state index is 0.109. The Morgan fingerprint density at radius 2 is 1.77 bits per heavy atom. The first-order valence-corrected chi connectivity index (χ1v) is 9.68. The van der Waals surface area contributed by atoms with Crippen molar-refractivity contribution in [3.63, 3.8) is 0 Å². The molecule has 0 radical (unpaired) electrons. The third-order valence-electron chi connectivity index (χ3n) is 4.04. The van der Waals surface area contributed by atoms with Gasteiger partial charge in [-0.1, -0.05) is 36.4 Å². The number of benzene rings is 2. The van der Waals surface area contributed by atoms with E-state index in [1.807, 2.05) is 48.5 Å². The predicted octanol–water partition coefficient (Wildman–Crippen LogP) is 2.65. The second-order valence-corrected chi connectivity index (χ2v) is 7.36. The van der Waals surface area contributed by atoms with E-state index in [4.69, 9.17) is 4.74 Å². The van der Waals surface area contributed by atoms with E-state index in [0.29, 0.717) is 23.1 Å². The molecule has 1 atom stereocenters. The first-order valence-electron chi connectivity index (χ1n) is 8.19. The lowest BCUT2D eigenvalue weighted by atomic mass is 10.2. The van der Waals surface area contributed by atoms with E-state index in [9.17, 15) is 9.00 Å². The van der Waals surface area contributed by atoms with Crippen LogP contribution in [0, 0.1) is 0 Å². The SMILES string of the molecule is O=C(COc1ccccc1)Nc1c2c(nn1-c1ccccc1)C[S@](=O)C2. The molecule has 0 aliphatic carbocycles. The third-order valence-corrected chi connectivity index (χ3v) is 5.25. The second kappa shape index (κ2) is 7.13. The summed E-state index contributed by atoms with van der Waals surface area (Å²) < 4.78 is 19.1. The zero-order valence-electron chi connectivity index (χ0n) is 13.9. The molecule has 0 bridgehead atoms. The lowest BCUT2D eigenvalue weighted by Gasteiger charge is -2.11. The van der Waals surface area contributed by atoms with Crippen LogP contribution in [0.15, 0.2) is 60.7 Å². The Bertz CT molecular complexity index is 955. The van der Waals surface area contributed by atoms with Gasteiger partial charge in [0.1, 0.15) is 11.6 Å². The minimum atomic E-state index is -0.970. The molecule has 1 aliphatic rings. The van der Waals surface area contributed by atoms with Crippen molar-refractivity contribution in [2.24, 2.45) is 0 Å². The third kappa shape index (κ3) is 3.39. The van der Waals surface area contributed by atoms with E-state index in [0.717, 1.165) is 16.9 Å². The van der Waals surface area contributed by atoms with E-state index in [1.54, 1.807) is 16.8 Å². The number of aromatic nitrogens is 2. The monoisotopic (exact) mass is 367 g/mol. The summed E-state index contributed by atoms with van der Waals surface area (Å²) in [5.74, 6) is 1.73. The highest BCUT2D eigenvalue weighted by Crippen LogP contribution is 2.31. The number of amides is 1. The Balaban J connectivity index is 1.57. The minimum Gasteiger partial charge on any atom is -0.484 e. The number of carbonyl (C=O) groups excluding carboxylic acids is 1. The summed E-state index contributed by atoms with van der Waals surface area (Å²) in [5, 5.41) is 7.43. The quantitative estimate of drug-likeness (QED) is 0.752. The molecule has 1 aromatic heterocycles. The maximum Gasteiger partial charge on any atom is 0.263 e. The van der Waals surface area contributed by atoms with Crippen LogP contribution in [-0.4, -0.2) is 26.5 Å². The van der Waals surface area contributed by atoms with Crippen LogP contribution < -0.4 is 10.1 Å². The number of carbonyl (C=O) groups is 1. The molecule has 26 heavy (non-hydrogen) atoms. The smallest absolute Gasteiger partial charge is 0.263 e. The molecular formula is C19H17N3O3S. The van der Waals surface area contributed by atoms with Crippen molar-refractivity contribution in [2.45, 2.75) is 11.5 Å². The number of para-hydroxylation sites is 2. The number of rotatable bonds is 5. The van der Waals surface area contributed by atoms with Crippen molar-refractivity contribution in [1.82, 2.24) is 9.78 Å².